The molecule has 0 bridgehead atoms. The fourth-order valence-corrected chi connectivity index (χ4v) is 0.0913. The molecule has 6 heavy (non-hydrogen) atoms. The minimum Gasteiger partial charge on any atom is -0.473 e. The van der Waals surface area contributed by atoms with Crippen LogP contribution in [-0.4, -0.2) is 19.5 Å². The van der Waals surface area contributed by atoms with Gasteiger partial charge in [-0.15, -0.1) is 0 Å². The third kappa shape index (κ3) is 2.03. The summed E-state index contributed by atoms with van der Waals surface area (Å²) in [4.78, 5) is 3.47. The van der Waals surface area contributed by atoms with Gasteiger partial charge in [0.1, 0.15) is 0 Å². The van der Waals surface area contributed by atoms with Crippen molar-refractivity contribution in [2.24, 2.45) is 4.99 Å². The van der Waals surface area contributed by atoms with E-state index in [-0.39, 0.29) is 5.36 Å². The van der Waals surface area contributed by atoms with Crippen LogP contribution in [0.5, 0.6) is 0 Å². The fraction of sp³-hybridized carbons (Fsp3) is 0.667. The van der Waals surface area contributed by atoms with Crippen LogP contribution in [0.15, 0.2) is 4.99 Å². The molecule has 0 fully saturated rings. The van der Waals surface area contributed by atoms with Gasteiger partial charge >= 0.3 is 0 Å². The van der Waals surface area contributed by atoms with Crippen LogP contribution in [-0.2, 0) is 4.74 Å². The Labute approximate surface area is 41.8 Å². The van der Waals surface area contributed by atoms with Crippen molar-refractivity contribution in [1.29, 1.82) is 0 Å². The molecule has 0 atom stereocenters. The number of ether oxygens (including phenoxy) is 1. The molecule has 0 rings (SSSR count). The van der Waals surface area contributed by atoms with Gasteiger partial charge in [-0.2, -0.15) is 0 Å². The summed E-state index contributed by atoms with van der Waals surface area (Å²) in [5.41, 5.74) is 0. The Hall–Kier alpha value is -0.240. The lowest BCUT2D eigenvalue weighted by molar-refractivity contribution is 0.414. The van der Waals surface area contributed by atoms with E-state index in [1.165, 1.54) is 7.11 Å². The van der Waals surface area contributed by atoms with Crippen LogP contribution in [0.4, 0.5) is 0 Å². The molecule has 0 aromatic carbocycles. The SMILES string of the molecule is CN=C(Cl)OC. The summed E-state index contributed by atoms with van der Waals surface area (Å²) in [7, 11) is 3.03. The smallest absolute Gasteiger partial charge is 0.281 e. The van der Waals surface area contributed by atoms with Crippen LogP contribution in [0.1, 0.15) is 0 Å². The van der Waals surface area contributed by atoms with Gasteiger partial charge in [-0.25, -0.2) is 4.99 Å². The maximum absolute atomic E-state index is 5.18. The van der Waals surface area contributed by atoms with Crippen LogP contribution in [0.3, 0.4) is 0 Å². The molecule has 0 saturated carbocycles. The van der Waals surface area contributed by atoms with Crippen molar-refractivity contribution in [3.05, 3.63) is 0 Å². The van der Waals surface area contributed by atoms with Crippen LogP contribution in [0.2, 0.25) is 0 Å². The van der Waals surface area contributed by atoms with E-state index in [0.717, 1.165) is 0 Å². The number of hydrogen-bond acceptors (Lipinski definition) is 2. The molecule has 0 amide bonds. The number of methoxy groups -OCH3 is 1. The van der Waals surface area contributed by atoms with Crippen LogP contribution >= 0.6 is 11.6 Å². The molecule has 36 valence electrons. The summed E-state index contributed by atoms with van der Waals surface area (Å²) in [6.45, 7) is 0. The molecule has 3 heteroatoms. The number of hydrogen-bond donors (Lipinski definition) is 0. The first-order valence-corrected chi connectivity index (χ1v) is 1.85. The minimum atomic E-state index is 0.190. The molecule has 0 unspecified atom stereocenters. The summed E-state index contributed by atoms with van der Waals surface area (Å²) >= 11 is 5.18. The highest BCUT2D eigenvalue weighted by molar-refractivity contribution is 6.62. The van der Waals surface area contributed by atoms with Gasteiger partial charge in [0.05, 0.1) is 7.11 Å². The quantitative estimate of drug-likeness (QED) is 0.332. The van der Waals surface area contributed by atoms with Crippen molar-refractivity contribution in [2.75, 3.05) is 14.2 Å². The predicted octanol–water partition coefficient (Wildman–Crippen LogP) is 0.857. The van der Waals surface area contributed by atoms with Gasteiger partial charge in [-0.1, -0.05) is 0 Å². The normalized spacial score (nSPS) is 11.5. The van der Waals surface area contributed by atoms with Crippen molar-refractivity contribution in [1.82, 2.24) is 0 Å². The molecular formula is C3H6ClNO. The van der Waals surface area contributed by atoms with Gasteiger partial charge in [0.15, 0.2) is 0 Å². The molecule has 0 radical (unpaired) electrons. The average Bonchev–Trinajstić information content (AvgIpc) is 1.65. The second-order valence-electron chi connectivity index (χ2n) is 0.681. The van der Waals surface area contributed by atoms with Crippen LogP contribution in [0, 0.1) is 0 Å². The Morgan fingerprint density at radius 3 is 2.33 bits per heavy atom. The van der Waals surface area contributed by atoms with Crippen LogP contribution < -0.4 is 0 Å². The van der Waals surface area contributed by atoms with Gasteiger partial charge in [-0.05, 0) is 11.6 Å². The van der Waals surface area contributed by atoms with Crippen molar-refractivity contribution in [3.8, 4) is 0 Å². The summed E-state index contributed by atoms with van der Waals surface area (Å²) in [6, 6.07) is 0. The Bertz CT molecular complexity index is 61.8. The maximum Gasteiger partial charge on any atom is 0.281 e. The minimum absolute atomic E-state index is 0.190. The largest absolute Gasteiger partial charge is 0.473 e. The second kappa shape index (κ2) is 2.97. The van der Waals surface area contributed by atoms with Crippen molar-refractivity contribution in [3.63, 3.8) is 0 Å². The molecule has 0 aliphatic rings. The second-order valence-corrected chi connectivity index (χ2v) is 1.00. The third-order valence-corrected chi connectivity index (χ3v) is 0.668. The summed E-state index contributed by atoms with van der Waals surface area (Å²) in [6.07, 6.45) is 0. The van der Waals surface area contributed by atoms with E-state index in [9.17, 15) is 0 Å². The van der Waals surface area contributed by atoms with E-state index >= 15 is 0 Å². The first-order chi connectivity index (χ1) is 2.81. The van der Waals surface area contributed by atoms with Gasteiger partial charge in [0.25, 0.3) is 5.36 Å². The highest BCUT2D eigenvalue weighted by Gasteiger charge is 1.78. The monoisotopic (exact) mass is 107 g/mol. The Kier molecular flexibility index (Phi) is 2.85. The average molecular weight is 108 g/mol. The maximum atomic E-state index is 5.18. The highest BCUT2D eigenvalue weighted by atomic mass is 35.5. The predicted molar refractivity (Wildman–Crippen MR) is 26.2 cm³/mol. The first-order valence-electron chi connectivity index (χ1n) is 1.47. The van der Waals surface area contributed by atoms with E-state index in [2.05, 4.69) is 9.73 Å². The number of aliphatic imine (C=N–C) groups is 1. The van der Waals surface area contributed by atoms with E-state index in [0.29, 0.717) is 0 Å². The molecular weight excluding hydrogens is 101 g/mol. The molecule has 0 aliphatic carbocycles. The molecule has 0 spiro atoms. The summed E-state index contributed by atoms with van der Waals surface area (Å²) < 4.78 is 4.41. The molecule has 0 N–H and O–H groups in total. The van der Waals surface area contributed by atoms with E-state index in [1.807, 2.05) is 0 Å². The summed E-state index contributed by atoms with van der Waals surface area (Å²) in [5.74, 6) is 0. The molecule has 0 saturated heterocycles. The summed E-state index contributed by atoms with van der Waals surface area (Å²) in [5, 5.41) is 0.190. The highest BCUT2D eigenvalue weighted by Crippen LogP contribution is 1.80. The van der Waals surface area contributed by atoms with Gasteiger partial charge in [0, 0.05) is 7.05 Å². The molecule has 0 aromatic rings. The Morgan fingerprint density at radius 2 is 2.33 bits per heavy atom. The fourth-order valence-electron chi connectivity index (χ4n) is 0.0913. The molecule has 0 aliphatic heterocycles. The van der Waals surface area contributed by atoms with Gasteiger partial charge < -0.3 is 4.74 Å². The lowest BCUT2D eigenvalue weighted by Crippen LogP contribution is -1.86. The Balaban J connectivity index is 3.22. The molecule has 0 aromatic heterocycles. The van der Waals surface area contributed by atoms with Crippen molar-refractivity contribution >= 4 is 17.0 Å². The van der Waals surface area contributed by atoms with E-state index < -0.39 is 0 Å². The standard InChI is InChI=1S/C3H6ClNO/c1-5-3(4)6-2/h1-2H3. The molecule has 2 nitrogen and oxygen atoms in total. The third-order valence-electron chi connectivity index (χ3n) is 0.344. The number of rotatable bonds is 0. The number of halogens is 1. The van der Waals surface area contributed by atoms with E-state index in [4.69, 9.17) is 11.6 Å². The van der Waals surface area contributed by atoms with Crippen molar-refractivity contribution < 1.29 is 4.74 Å². The van der Waals surface area contributed by atoms with Crippen LogP contribution in [0.25, 0.3) is 0 Å². The topological polar surface area (TPSA) is 21.6 Å². The van der Waals surface area contributed by atoms with Crippen molar-refractivity contribution in [2.45, 2.75) is 0 Å². The zero-order valence-electron chi connectivity index (χ0n) is 3.73. The Morgan fingerprint density at radius 1 is 1.83 bits per heavy atom. The van der Waals surface area contributed by atoms with Gasteiger partial charge in [-0.3, -0.25) is 0 Å². The zero-order chi connectivity index (χ0) is 4.99. The number of nitrogens with zero attached hydrogens (tertiary/aromatic N) is 1. The molecule has 0 heterocycles. The van der Waals surface area contributed by atoms with E-state index in [1.54, 1.807) is 7.05 Å². The lowest BCUT2D eigenvalue weighted by atomic mass is 11.3. The van der Waals surface area contributed by atoms with Gasteiger partial charge in [0.2, 0.25) is 0 Å². The lowest BCUT2D eigenvalue weighted by Gasteiger charge is -1.86. The zero-order valence-corrected chi connectivity index (χ0v) is 4.49. The first kappa shape index (κ1) is 5.76.